The van der Waals surface area contributed by atoms with Crippen molar-refractivity contribution in [2.45, 2.75) is 39.7 Å². The van der Waals surface area contributed by atoms with Gasteiger partial charge in [-0.25, -0.2) is 0 Å². The van der Waals surface area contributed by atoms with E-state index < -0.39 is 6.10 Å². The van der Waals surface area contributed by atoms with Crippen LogP contribution in [-0.2, 0) is 0 Å². The van der Waals surface area contributed by atoms with Gasteiger partial charge in [0, 0.05) is 5.02 Å². The predicted molar refractivity (Wildman–Crippen MR) is 87.4 cm³/mol. The summed E-state index contributed by atoms with van der Waals surface area (Å²) in [5, 5.41) is 10.3. The number of halogens is 1. The number of hydrogen-bond acceptors (Lipinski definition) is 2. The first-order valence-corrected chi connectivity index (χ1v) is 7.52. The Balaban J connectivity index is 2.28. The molecular formula is C18H21ClO2. The lowest BCUT2D eigenvalue weighted by Gasteiger charge is -2.15. The molecule has 2 aromatic rings. The number of hydrogen-bond donors (Lipinski definition) is 1. The molecule has 112 valence electrons. The summed E-state index contributed by atoms with van der Waals surface area (Å²) in [7, 11) is 0. The van der Waals surface area contributed by atoms with Gasteiger partial charge in [-0.3, -0.25) is 0 Å². The molecule has 0 radical (unpaired) electrons. The zero-order valence-corrected chi connectivity index (χ0v) is 13.6. The molecule has 0 aliphatic rings. The van der Waals surface area contributed by atoms with Crippen LogP contribution in [0.2, 0.25) is 5.02 Å². The molecule has 0 amide bonds. The number of rotatable bonds is 4. The molecule has 1 atom stereocenters. The van der Waals surface area contributed by atoms with Crippen LogP contribution in [0.5, 0.6) is 11.5 Å². The van der Waals surface area contributed by atoms with Gasteiger partial charge in [0.15, 0.2) is 0 Å². The Morgan fingerprint density at radius 3 is 2.19 bits per heavy atom. The quantitative estimate of drug-likeness (QED) is 0.794. The molecule has 3 heteroatoms. The Morgan fingerprint density at radius 1 is 1.05 bits per heavy atom. The zero-order valence-electron chi connectivity index (χ0n) is 12.9. The molecule has 1 N–H and O–H groups in total. The maximum atomic E-state index is 9.52. The Kier molecular flexibility index (Phi) is 4.92. The van der Waals surface area contributed by atoms with Crippen LogP contribution in [0.25, 0.3) is 0 Å². The van der Waals surface area contributed by atoms with Crippen LogP contribution in [0.15, 0.2) is 36.4 Å². The molecule has 0 spiro atoms. The maximum Gasteiger partial charge on any atom is 0.130 e. The summed E-state index contributed by atoms with van der Waals surface area (Å²) in [4.78, 5) is 0. The van der Waals surface area contributed by atoms with Crippen molar-refractivity contribution in [3.63, 3.8) is 0 Å². The van der Waals surface area contributed by atoms with Crippen molar-refractivity contribution >= 4 is 11.6 Å². The molecule has 0 fully saturated rings. The summed E-state index contributed by atoms with van der Waals surface area (Å²) >= 11 is 6.27. The van der Waals surface area contributed by atoms with Gasteiger partial charge in [0.05, 0.1) is 6.10 Å². The van der Waals surface area contributed by atoms with Crippen molar-refractivity contribution in [2.75, 3.05) is 0 Å². The second kappa shape index (κ2) is 6.50. The summed E-state index contributed by atoms with van der Waals surface area (Å²) in [5.41, 5.74) is 2.96. The number of aliphatic hydroxyl groups excluding tert-OH is 1. The van der Waals surface area contributed by atoms with Gasteiger partial charge in [-0.2, -0.15) is 0 Å². The minimum absolute atomic E-state index is 0.345. The van der Waals surface area contributed by atoms with Crippen molar-refractivity contribution in [3.8, 4) is 11.5 Å². The molecular weight excluding hydrogens is 284 g/mol. The van der Waals surface area contributed by atoms with Crippen molar-refractivity contribution < 1.29 is 9.84 Å². The van der Waals surface area contributed by atoms with Crippen molar-refractivity contribution in [1.82, 2.24) is 0 Å². The van der Waals surface area contributed by atoms with E-state index in [2.05, 4.69) is 13.8 Å². The Morgan fingerprint density at radius 2 is 1.67 bits per heavy atom. The first-order valence-electron chi connectivity index (χ1n) is 7.14. The first-order chi connectivity index (χ1) is 9.88. The highest BCUT2D eigenvalue weighted by atomic mass is 35.5. The van der Waals surface area contributed by atoms with Crippen LogP contribution in [0, 0.1) is 6.92 Å². The topological polar surface area (TPSA) is 29.5 Å². The number of ether oxygens (including phenoxy) is 1. The monoisotopic (exact) mass is 304 g/mol. The highest BCUT2D eigenvalue weighted by Gasteiger charge is 2.11. The van der Waals surface area contributed by atoms with Crippen LogP contribution in [0.3, 0.4) is 0 Å². The summed E-state index contributed by atoms with van der Waals surface area (Å²) in [6.45, 7) is 7.94. The van der Waals surface area contributed by atoms with Crippen LogP contribution in [-0.4, -0.2) is 5.11 Å². The summed E-state index contributed by atoms with van der Waals surface area (Å²) in [5.74, 6) is 1.91. The molecule has 0 aliphatic heterocycles. The van der Waals surface area contributed by atoms with E-state index in [4.69, 9.17) is 16.3 Å². The van der Waals surface area contributed by atoms with Gasteiger partial charge >= 0.3 is 0 Å². The third-order valence-electron chi connectivity index (χ3n) is 3.51. The van der Waals surface area contributed by atoms with Gasteiger partial charge in [0.25, 0.3) is 0 Å². The van der Waals surface area contributed by atoms with E-state index >= 15 is 0 Å². The highest BCUT2D eigenvalue weighted by Crippen LogP contribution is 2.34. The fourth-order valence-corrected chi connectivity index (χ4v) is 2.60. The normalized spacial score (nSPS) is 12.5. The van der Waals surface area contributed by atoms with Gasteiger partial charge in [0.1, 0.15) is 11.5 Å². The molecule has 0 saturated carbocycles. The highest BCUT2D eigenvalue weighted by molar-refractivity contribution is 6.31. The first kappa shape index (κ1) is 15.9. The SMILES string of the molecule is Cc1cc(Cl)c(C(C)C)cc1Oc1ccc(C(C)O)cc1. The van der Waals surface area contributed by atoms with E-state index in [1.54, 1.807) is 6.92 Å². The van der Waals surface area contributed by atoms with Crippen molar-refractivity contribution in [2.24, 2.45) is 0 Å². The van der Waals surface area contributed by atoms with Crippen molar-refractivity contribution in [3.05, 3.63) is 58.1 Å². The van der Waals surface area contributed by atoms with E-state index in [0.29, 0.717) is 5.92 Å². The molecule has 0 aromatic heterocycles. The minimum Gasteiger partial charge on any atom is -0.457 e. The third kappa shape index (κ3) is 3.78. The Hall–Kier alpha value is -1.51. The fraction of sp³-hybridized carbons (Fsp3) is 0.333. The predicted octanol–water partition coefficient (Wildman–Crippen LogP) is 5.62. The van der Waals surface area contributed by atoms with Gasteiger partial charge in [-0.1, -0.05) is 37.6 Å². The second-order valence-electron chi connectivity index (χ2n) is 5.64. The standard InChI is InChI=1S/C18H21ClO2/c1-11(2)16-10-18(12(3)9-17(16)19)21-15-7-5-14(6-8-15)13(4)20/h5-11,13,20H,1-4H3. The lowest BCUT2D eigenvalue weighted by atomic mass is 10.0. The van der Waals surface area contributed by atoms with Gasteiger partial charge in [0.2, 0.25) is 0 Å². The molecule has 2 nitrogen and oxygen atoms in total. The van der Waals surface area contributed by atoms with E-state index in [-0.39, 0.29) is 0 Å². The number of aliphatic hydroxyl groups is 1. The minimum atomic E-state index is -0.469. The average Bonchev–Trinajstić information content (AvgIpc) is 2.42. The summed E-state index contributed by atoms with van der Waals surface area (Å²) in [6, 6.07) is 11.4. The lowest BCUT2D eigenvalue weighted by Crippen LogP contribution is -1.95. The summed E-state index contributed by atoms with van der Waals surface area (Å²) < 4.78 is 5.95. The van der Waals surface area contributed by atoms with Crippen LogP contribution >= 0.6 is 11.6 Å². The molecule has 0 saturated heterocycles. The summed E-state index contributed by atoms with van der Waals surface area (Å²) in [6.07, 6.45) is -0.469. The van der Waals surface area contributed by atoms with Crippen LogP contribution < -0.4 is 4.74 Å². The molecule has 2 aromatic carbocycles. The number of aryl methyl sites for hydroxylation is 1. The smallest absolute Gasteiger partial charge is 0.130 e. The van der Waals surface area contributed by atoms with Gasteiger partial charge < -0.3 is 9.84 Å². The van der Waals surface area contributed by atoms with Crippen LogP contribution in [0.1, 0.15) is 49.5 Å². The molecule has 21 heavy (non-hydrogen) atoms. The third-order valence-corrected chi connectivity index (χ3v) is 3.83. The molecule has 0 heterocycles. The Bertz CT molecular complexity index is 616. The van der Waals surface area contributed by atoms with Gasteiger partial charge in [-0.05, 0) is 60.7 Å². The molecule has 2 rings (SSSR count). The van der Waals surface area contributed by atoms with Gasteiger partial charge in [-0.15, -0.1) is 0 Å². The molecule has 0 bridgehead atoms. The average molecular weight is 305 g/mol. The Labute approximate surface area is 131 Å². The van der Waals surface area contributed by atoms with E-state index in [1.807, 2.05) is 43.3 Å². The second-order valence-corrected chi connectivity index (χ2v) is 6.05. The lowest BCUT2D eigenvalue weighted by molar-refractivity contribution is 0.199. The van der Waals surface area contributed by atoms with E-state index in [9.17, 15) is 5.11 Å². The maximum absolute atomic E-state index is 9.52. The molecule has 0 aliphatic carbocycles. The largest absolute Gasteiger partial charge is 0.457 e. The van der Waals surface area contributed by atoms with Crippen molar-refractivity contribution in [1.29, 1.82) is 0 Å². The van der Waals surface area contributed by atoms with Crippen LogP contribution in [0.4, 0.5) is 0 Å². The molecule has 1 unspecified atom stereocenters. The van der Waals surface area contributed by atoms with E-state index in [1.165, 1.54) is 0 Å². The zero-order chi connectivity index (χ0) is 15.6. The number of benzene rings is 2. The van der Waals surface area contributed by atoms with E-state index in [0.717, 1.165) is 33.2 Å². The fourth-order valence-electron chi connectivity index (χ4n) is 2.16.